The summed E-state index contributed by atoms with van der Waals surface area (Å²) in [6.45, 7) is 7.38. The number of carbonyl (C=O) groups excluding carboxylic acids is 2. The molecule has 6 nitrogen and oxygen atoms in total. The molecule has 0 heterocycles. The van der Waals surface area contributed by atoms with Crippen LogP contribution in [0.25, 0.3) is 10.8 Å². The Hall–Kier alpha value is -4.14. The second kappa shape index (κ2) is 16.3. The second-order valence-corrected chi connectivity index (χ2v) is 11.3. The highest BCUT2D eigenvalue weighted by Gasteiger charge is 2.17. The molecule has 4 rings (SSSR count). The minimum atomic E-state index is -0.489. The first-order chi connectivity index (χ1) is 20.5. The molecule has 42 heavy (non-hydrogen) atoms. The predicted octanol–water partition coefficient (Wildman–Crippen LogP) is 7.38. The summed E-state index contributed by atoms with van der Waals surface area (Å²) in [7, 11) is 0. The molecule has 0 saturated carbocycles. The smallest absolute Gasteiger partial charge is 0.330 e. The van der Waals surface area contributed by atoms with Gasteiger partial charge in [-0.05, 0) is 59.3 Å². The normalized spacial score (nSPS) is 12.1. The molecule has 0 saturated heterocycles. The molecule has 0 aliphatic heterocycles. The zero-order chi connectivity index (χ0) is 29.6. The van der Waals surface area contributed by atoms with E-state index in [1.807, 2.05) is 97.1 Å². The monoisotopic (exact) mass is 600 g/mol. The van der Waals surface area contributed by atoms with E-state index < -0.39 is 24.1 Å². The van der Waals surface area contributed by atoms with Crippen LogP contribution in [0.3, 0.4) is 0 Å². The van der Waals surface area contributed by atoms with Crippen molar-refractivity contribution in [3.05, 3.63) is 122 Å². The maximum Gasteiger partial charge on any atom is 0.330 e. The lowest BCUT2D eigenvalue weighted by Crippen LogP contribution is -2.26. The van der Waals surface area contributed by atoms with Crippen LogP contribution < -0.4 is 9.47 Å². The van der Waals surface area contributed by atoms with E-state index >= 15 is 0 Å². The Balaban J connectivity index is 1.38. The van der Waals surface area contributed by atoms with Crippen molar-refractivity contribution >= 4 is 46.2 Å². The number of hydrogen-bond acceptors (Lipinski definition) is 8. The highest BCUT2D eigenvalue weighted by molar-refractivity contribution is 7.99. The van der Waals surface area contributed by atoms with Gasteiger partial charge in [-0.1, -0.05) is 61.7 Å². The van der Waals surface area contributed by atoms with Gasteiger partial charge in [0, 0.05) is 33.4 Å². The molecule has 0 N–H and O–H groups in total. The lowest BCUT2D eigenvalue weighted by atomic mass is 10.1. The molecule has 0 fully saturated rings. The molecule has 2 unspecified atom stereocenters. The number of benzene rings is 4. The van der Waals surface area contributed by atoms with Crippen LogP contribution >= 0.6 is 23.5 Å². The fourth-order valence-corrected chi connectivity index (χ4v) is 5.61. The van der Waals surface area contributed by atoms with Crippen LogP contribution in [0.2, 0.25) is 0 Å². The van der Waals surface area contributed by atoms with Crippen molar-refractivity contribution in [1.82, 2.24) is 0 Å². The van der Waals surface area contributed by atoms with E-state index in [1.54, 1.807) is 23.5 Å². The third-order valence-corrected chi connectivity index (χ3v) is 8.20. The maximum absolute atomic E-state index is 11.9. The van der Waals surface area contributed by atoms with E-state index in [1.165, 1.54) is 0 Å². The molecule has 2 atom stereocenters. The van der Waals surface area contributed by atoms with Gasteiger partial charge in [-0.25, -0.2) is 9.59 Å². The Kier molecular flexibility index (Phi) is 12.0. The van der Waals surface area contributed by atoms with Gasteiger partial charge in [0.25, 0.3) is 0 Å². The highest BCUT2D eigenvalue weighted by Crippen LogP contribution is 2.27. The van der Waals surface area contributed by atoms with Crippen molar-refractivity contribution in [2.45, 2.75) is 22.0 Å². The zero-order valence-corrected chi connectivity index (χ0v) is 24.7. The Morgan fingerprint density at radius 1 is 0.619 bits per heavy atom. The summed E-state index contributed by atoms with van der Waals surface area (Å²) in [6, 6.07) is 31.3. The van der Waals surface area contributed by atoms with E-state index in [-0.39, 0.29) is 13.2 Å². The van der Waals surface area contributed by atoms with Gasteiger partial charge in [0.1, 0.15) is 36.9 Å². The van der Waals surface area contributed by atoms with E-state index in [2.05, 4.69) is 13.2 Å². The molecule has 0 spiro atoms. The van der Waals surface area contributed by atoms with Crippen LogP contribution in [0.4, 0.5) is 0 Å². The number of hydrogen-bond donors (Lipinski definition) is 0. The molecule has 0 amide bonds. The minimum absolute atomic E-state index is 0.191. The van der Waals surface area contributed by atoms with E-state index in [4.69, 9.17) is 18.9 Å². The summed E-state index contributed by atoms with van der Waals surface area (Å²) in [5.41, 5.74) is 0. The topological polar surface area (TPSA) is 71.1 Å². The van der Waals surface area contributed by atoms with Crippen molar-refractivity contribution in [3.8, 4) is 11.5 Å². The van der Waals surface area contributed by atoms with Gasteiger partial charge in [0.2, 0.25) is 0 Å². The maximum atomic E-state index is 11.9. The van der Waals surface area contributed by atoms with Crippen LogP contribution in [0.15, 0.2) is 132 Å². The molecular formula is C34H32O6S2. The molecule has 0 aromatic heterocycles. The first kappa shape index (κ1) is 30.8. The lowest BCUT2D eigenvalue weighted by molar-refractivity contribution is -0.144. The fourth-order valence-electron chi connectivity index (χ4n) is 3.83. The number of rotatable bonds is 16. The van der Waals surface area contributed by atoms with Crippen molar-refractivity contribution in [3.63, 3.8) is 0 Å². The summed E-state index contributed by atoms with van der Waals surface area (Å²) in [5.74, 6) is 1.38. The second-order valence-electron chi connectivity index (χ2n) is 9.07. The summed E-state index contributed by atoms with van der Waals surface area (Å²) >= 11 is 3.18. The molecular weight excluding hydrogens is 569 g/mol. The van der Waals surface area contributed by atoms with Crippen LogP contribution in [-0.2, 0) is 19.1 Å². The van der Waals surface area contributed by atoms with Gasteiger partial charge in [0.05, 0.1) is 0 Å². The Labute approximate surface area is 254 Å². The molecule has 216 valence electrons. The van der Waals surface area contributed by atoms with Crippen molar-refractivity contribution in [1.29, 1.82) is 0 Å². The molecule has 8 heteroatoms. The first-order valence-electron chi connectivity index (χ1n) is 13.3. The Morgan fingerprint density at radius 2 is 1.05 bits per heavy atom. The molecule has 4 aromatic carbocycles. The molecule has 0 aliphatic rings. The molecule has 0 bridgehead atoms. The summed E-state index contributed by atoms with van der Waals surface area (Å²) in [4.78, 5) is 26.0. The molecule has 0 aliphatic carbocycles. The molecule has 4 aromatic rings. The first-order valence-corrected chi connectivity index (χ1v) is 15.3. The summed E-state index contributed by atoms with van der Waals surface area (Å²) in [6.07, 6.45) is 1.38. The average Bonchev–Trinajstić information content (AvgIpc) is 3.04. The van der Waals surface area contributed by atoms with Gasteiger partial charge in [-0.3, -0.25) is 0 Å². The van der Waals surface area contributed by atoms with Crippen molar-refractivity contribution in [2.75, 3.05) is 24.7 Å². The quantitative estimate of drug-likeness (QED) is 0.0750. The Morgan fingerprint density at radius 3 is 1.45 bits per heavy atom. The number of ether oxygens (including phenoxy) is 4. The van der Waals surface area contributed by atoms with E-state index in [9.17, 15) is 9.59 Å². The standard InChI is InChI=1S/C34H32O6S2/c1-3-33(35)39-29(23-41-31-11-7-5-8-12-31)21-37-27-17-15-25-16-18-28(20-26(25)19-27)38-22-30(40-34(36)4-2)24-42-32-13-9-6-10-14-32/h3-20,29-30H,1-2,21-24H2. The lowest BCUT2D eigenvalue weighted by Gasteiger charge is -2.18. The van der Waals surface area contributed by atoms with Crippen LogP contribution in [0.5, 0.6) is 11.5 Å². The van der Waals surface area contributed by atoms with Gasteiger partial charge in [-0.15, -0.1) is 23.5 Å². The average molecular weight is 601 g/mol. The van der Waals surface area contributed by atoms with E-state index in [0.717, 1.165) is 32.7 Å². The van der Waals surface area contributed by atoms with Gasteiger partial charge in [0.15, 0.2) is 0 Å². The zero-order valence-electron chi connectivity index (χ0n) is 23.1. The van der Waals surface area contributed by atoms with Crippen LogP contribution in [0.1, 0.15) is 0 Å². The predicted molar refractivity (Wildman–Crippen MR) is 169 cm³/mol. The van der Waals surface area contributed by atoms with Gasteiger partial charge in [-0.2, -0.15) is 0 Å². The fraction of sp³-hybridized carbons (Fsp3) is 0.176. The Bertz CT molecular complexity index is 1370. The number of fused-ring (bicyclic) bond motifs is 1. The summed E-state index contributed by atoms with van der Waals surface area (Å²) in [5, 5.41) is 1.93. The van der Waals surface area contributed by atoms with Gasteiger partial charge >= 0.3 is 11.9 Å². The van der Waals surface area contributed by atoms with Crippen LogP contribution in [0, 0.1) is 0 Å². The molecule has 0 radical (unpaired) electrons. The van der Waals surface area contributed by atoms with Gasteiger partial charge < -0.3 is 18.9 Å². The largest absolute Gasteiger partial charge is 0.490 e. The third-order valence-electron chi connectivity index (χ3n) is 5.91. The summed E-state index contributed by atoms with van der Waals surface area (Å²) < 4.78 is 23.1. The SMILES string of the molecule is C=CC(=O)OC(COc1ccc2ccc(OCC(CSc3ccccc3)OC(=O)C=C)cc2c1)CSc1ccccc1. The van der Waals surface area contributed by atoms with Crippen LogP contribution in [-0.4, -0.2) is 48.9 Å². The minimum Gasteiger partial charge on any atom is -0.490 e. The number of esters is 2. The van der Waals surface area contributed by atoms with E-state index in [0.29, 0.717) is 23.0 Å². The van der Waals surface area contributed by atoms with Crippen molar-refractivity contribution in [2.24, 2.45) is 0 Å². The van der Waals surface area contributed by atoms with Crippen molar-refractivity contribution < 1.29 is 28.5 Å². The third kappa shape index (κ3) is 10.0. The number of carbonyl (C=O) groups is 2. The number of thioether (sulfide) groups is 2. The highest BCUT2D eigenvalue weighted by atomic mass is 32.2.